The van der Waals surface area contributed by atoms with E-state index in [1.54, 1.807) is 12.1 Å². The zero-order valence-corrected chi connectivity index (χ0v) is 14.6. The summed E-state index contributed by atoms with van der Waals surface area (Å²) in [4.78, 5) is 12.2. The van der Waals surface area contributed by atoms with Crippen molar-refractivity contribution in [1.82, 2.24) is 5.32 Å². The summed E-state index contributed by atoms with van der Waals surface area (Å²) in [5.74, 6) is -0.236. The molecule has 0 saturated heterocycles. The third kappa shape index (κ3) is 5.82. The average molecular weight is 325 g/mol. The fourth-order valence-corrected chi connectivity index (χ4v) is 2.66. The van der Waals surface area contributed by atoms with Crippen LogP contribution in [0.25, 0.3) is 0 Å². The van der Waals surface area contributed by atoms with Gasteiger partial charge in [-0.2, -0.15) is 0 Å². The third-order valence-electron chi connectivity index (χ3n) is 4.22. The molecule has 0 aliphatic carbocycles. The van der Waals surface area contributed by atoms with Gasteiger partial charge in [-0.05, 0) is 37.0 Å². The van der Waals surface area contributed by atoms with Crippen LogP contribution in [0.15, 0.2) is 60.7 Å². The maximum atomic E-state index is 12.2. The van der Waals surface area contributed by atoms with Gasteiger partial charge in [-0.15, -0.1) is 0 Å². The monoisotopic (exact) mass is 325 g/mol. The van der Waals surface area contributed by atoms with Gasteiger partial charge in [0, 0.05) is 12.6 Å². The fraction of sp³-hybridized carbons (Fsp3) is 0.381. The van der Waals surface area contributed by atoms with Crippen molar-refractivity contribution in [2.75, 3.05) is 0 Å². The maximum Gasteiger partial charge on any atom is 0.338 e. The minimum absolute atomic E-state index is 0.0640. The largest absolute Gasteiger partial charge is 0.459 e. The number of benzene rings is 2. The minimum Gasteiger partial charge on any atom is -0.459 e. The number of hydrogen-bond acceptors (Lipinski definition) is 3. The Morgan fingerprint density at radius 2 is 1.58 bits per heavy atom. The second-order valence-corrected chi connectivity index (χ2v) is 6.01. The molecule has 2 unspecified atom stereocenters. The van der Waals surface area contributed by atoms with E-state index in [1.165, 1.54) is 5.56 Å². The lowest BCUT2D eigenvalue weighted by Crippen LogP contribution is -2.33. The minimum atomic E-state index is -0.236. The molecule has 3 nitrogen and oxygen atoms in total. The molecule has 0 amide bonds. The van der Waals surface area contributed by atoms with E-state index < -0.39 is 0 Å². The molecule has 1 N–H and O–H groups in total. The van der Waals surface area contributed by atoms with Gasteiger partial charge in [0.1, 0.15) is 6.10 Å². The zero-order chi connectivity index (χ0) is 17.2. The van der Waals surface area contributed by atoms with Crippen LogP contribution in [0, 0.1) is 0 Å². The first-order valence-electron chi connectivity index (χ1n) is 8.76. The van der Waals surface area contributed by atoms with Crippen LogP contribution in [0.5, 0.6) is 0 Å². The molecule has 0 aliphatic rings. The lowest BCUT2D eigenvalue weighted by Gasteiger charge is -2.23. The van der Waals surface area contributed by atoms with Gasteiger partial charge in [0.05, 0.1) is 5.56 Å². The number of carbonyl (C=O) groups is 1. The lowest BCUT2D eigenvalue weighted by atomic mass is 10.0. The van der Waals surface area contributed by atoms with Crippen LogP contribution >= 0.6 is 0 Å². The van der Waals surface area contributed by atoms with Crippen molar-refractivity contribution in [2.24, 2.45) is 0 Å². The molecule has 2 aromatic rings. The SMILES string of the molecule is CCC(CC(CC)OC(=O)c1ccccc1)NCc1ccccc1. The van der Waals surface area contributed by atoms with E-state index in [-0.39, 0.29) is 12.1 Å². The Hall–Kier alpha value is -2.13. The number of rotatable bonds is 9. The van der Waals surface area contributed by atoms with Gasteiger partial charge in [0.2, 0.25) is 0 Å². The Labute approximate surface area is 145 Å². The van der Waals surface area contributed by atoms with E-state index in [4.69, 9.17) is 4.74 Å². The van der Waals surface area contributed by atoms with Crippen LogP contribution in [0.1, 0.15) is 49.0 Å². The first-order chi connectivity index (χ1) is 11.7. The Balaban J connectivity index is 1.86. The van der Waals surface area contributed by atoms with Gasteiger partial charge in [0.15, 0.2) is 0 Å². The Bertz CT molecular complexity index is 598. The molecule has 0 saturated carbocycles. The van der Waals surface area contributed by atoms with Crippen LogP contribution < -0.4 is 5.32 Å². The summed E-state index contributed by atoms with van der Waals surface area (Å²) in [5, 5.41) is 3.57. The van der Waals surface area contributed by atoms with Gasteiger partial charge < -0.3 is 10.1 Å². The zero-order valence-electron chi connectivity index (χ0n) is 14.6. The van der Waals surface area contributed by atoms with Crippen LogP contribution in [0.2, 0.25) is 0 Å². The standard InChI is InChI=1S/C21H27NO2/c1-3-19(22-16-17-11-7-5-8-12-17)15-20(4-2)24-21(23)18-13-9-6-10-14-18/h5-14,19-20,22H,3-4,15-16H2,1-2H3. The lowest BCUT2D eigenvalue weighted by molar-refractivity contribution is 0.0246. The van der Waals surface area contributed by atoms with E-state index in [9.17, 15) is 4.79 Å². The number of nitrogens with one attached hydrogen (secondary N) is 1. The van der Waals surface area contributed by atoms with Crippen molar-refractivity contribution in [3.05, 3.63) is 71.8 Å². The number of esters is 1. The molecule has 0 radical (unpaired) electrons. The summed E-state index contributed by atoms with van der Waals surface area (Å²) >= 11 is 0. The first kappa shape index (κ1) is 18.2. The van der Waals surface area contributed by atoms with Crippen molar-refractivity contribution >= 4 is 5.97 Å². The highest BCUT2D eigenvalue weighted by Crippen LogP contribution is 2.13. The summed E-state index contributed by atoms with van der Waals surface area (Å²) in [6.07, 6.45) is 2.60. The van der Waals surface area contributed by atoms with E-state index in [0.29, 0.717) is 11.6 Å². The maximum absolute atomic E-state index is 12.2. The summed E-state index contributed by atoms with van der Waals surface area (Å²) in [6, 6.07) is 19.9. The van der Waals surface area contributed by atoms with Gasteiger partial charge >= 0.3 is 5.97 Å². The van der Waals surface area contributed by atoms with E-state index in [0.717, 1.165) is 25.8 Å². The molecule has 2 aromatic carbocycles. The van der Waals surface area contributed by atoms with Gasteiger partial charge in [0.25, 0.3) is 0 Å². The Morgan fingerprint density at radius 1 is 0.958 bits per heavy atom. The molecule has 0 fully saturated rings. The number of hydrogen-bond donors (Lipinski definition) is 1. The summed E-state index contributed by atoms with van der Waals surface area (Å²) in [7, 11) is 0. The van der Waals surface area contributed by atoms with Crippen LogP contribution in [0.4, 0.5) is 0 Å². The quantitative estimate of drug-likeness (QED) is 0.686. The van der Waals surface area contributed by atoms with Crippen molar-refractivity contribution in [3.8, 4) is 0 Å². The fourth-order valence-electron chi connectivity index (χ4n) is 2.66. The third-order valence-corrected chi connectivity index (χ3v) is 4.22. The molecule has 0 spiro atoms. The predicted octanol–water partition coefficient (Wildman–Crippen LogP) is 4.58. The summed E-state index contributed by atoms with van der Waals surface area (Å²) in [6.45, 7) is 5.06. The van der Waals surface area contributed by atoms with Crippen molar-refractivity contribution in [1.29, 1.82) is 0 Å². The normalized spacial score (nSPS) is 13.2. The molecule has 128 valence electrons. The molecule has 2 atom stereocenters. The highest BCUT2D eigenvalue weighted by Gasteiger charge is 2.18. The molecule has 0 aliphatic heterocycles. The number of ether oxygens (including phenoxy) is 1. The molecule has 24 heavy (non-hydrogen) atoms. The smallest absolute Gasteiger partial charge is 0.338 e. The Morgan fingerprint density at radius 3 is 2.17 bits per heavy atom. The summed E-state index contributed by atoms with van der Waals surface area (Å²) in [5.41, 5.74) is 1.88. The topological polar surface area (TPSA) is 38.3 Å². The van der Waals surface area contributed by atoms with Crippen molar-refractivity contribution in [2.45, 2.75) is 51.8 Å². The Kier molecular flexibility index (Phi) is 7.50. The molecule has 0 aromatic heterocycles. The van der Waals surface area contributed by atoms with Crippen molar-refractivity contribution in [3.63, 3.8) is 0 Å². The highest BCUT2D eigenvalue weighted by atomic mass is 16.5. The molecule has 0 bridgehead atoms. The second-order valence-electron chi connectivity index (χ2n) is 6.01. The molecule has 2 rings (SSSR count). The van der Waals surface area contributed by atoms with E-state index >= 15 is 0 Å². The number of carbonyl (C=O) groups excluding carboxylic acids is 1. The molecule has 3 heteroatoms. The van der Waals surface area contributed by atoms with Crippen LogP contribution in [0.3, 0.4) is 0 Å². The highest BCUT2D eigenvalue weighted by molar-refractivity contribution is 5.89. The molecular weight excluding hydrogens is 298 g/mol. The second kappa shape index (κ2) is 9.89. The first-order valence-corrected chi connectivity index (χ1v) is 8.76. The van der Waals surface area contributed by atoms with Crippen LogP contribution in [-0.4, -0.2) is 18.1 Å². The van der Waals surface area contributed by atoms with Gasteiger partial charge in [-0.1, -0.05) is 62.4 Å². The van der Waals surface area contributed by atoms with Crippen molar-refractivity contribution < 1.29 is 9.53 Å². The predicted molar refractivity (Wildman–Crippen MR) is 97.9 cm³/mol. The average Bonchev–Trinajstić information content (AvgIpc) is 2.65. The van der Waals surface area contributed by atoms with E-state index in [1.807, 2.05) is 24.3 Å². The molecular formula is C21H27NO2. The van der Waals surface area contributed by atoms with E-state index in [2.05, 4.69) is 43.4 Å². The van der Waals surface area contributed by atoms with Gasteiger partial charge in [-0.3, -0.25) is 0 Å². The van der Waals surface area contributed by atoms with Gasteiger partial charge in [-0.25, -0.2) is 4.79 Å². The van der Waals surface area contributed by atoms with Crippen LogP contribution in [-0.2, 0) is 11.3 Å². The molecule has 0 heterocycles. The summed E-state index contributed by atoms with van der Waals surface area (Å²) < 4.78 is 5.69.